The summed E-state index contributed by atoms with van der Waals surface area (Å²) in [4.78, 5) is 36.2. The zero-order valence-electron chi connectivity index (χ0n) is 14.7. The molecule has 3 aromatic rings. The van der Waals surface area contributed by atoms with Gasteiger partial charge in [0.05, 0.1) is 29.4 Å². The lowest BCUT2D eigenvalue weighted by atomic mass is 10.1. The van der Waals surface area contributed by atoms with E-state index in [1.807, 2.05) is 29.6 Å². The second kappa shape index (κ2) is 7.13. The Hall–Kier alpha value is -2.93. The minimum atomic E-state index is -0.353. The van der Waals surface area contributed by atoms with Crippen molar-refractivity contribution in [2.75, 3.05) is 12.4 Å². The van der Waals surface area contributed by atoms with Crippen LogP contribution in [0.5, 0.6) is 5.75 Å². The van der Waals surface area contributed by atoms with Gasteiger partial charge in [0.25, 0.3) is 5.56 Å². The van der Waals surface area contributed by atoms with E-state index in [1.54, 1.807) is 10.6 Å². The van der Waals surface area contributed by atoms with E-state index in [4.69, 9.17) is 4.74 Å². The highest BCUT2D eigenvalue weighted by Crippen LogP contribution is 2.30. The maximum absolute atomic E-state index is 12.9. The predicted molar refractivity (Wildman–Crippen MR) is 102 cm³/mol. The Balaban J connectivity index is 2.15. The van der Waals surface area contributed by atoms with Crippen molar-refractivity contribution in [3.8, 4) is 5.75 Å². The number of rotatable bonds is 5. The lowest BCUT2D eigenvalue weighted by Crippen LogP contribution is -2.24. The van der Waals surface area contributed by atoms with E-state index in [0.29, 0.717) is 23.3 Å². The van der Waals surface area contributed by atoms with Gasteiger partial charge in [-0.05, 0) is 36.1 Å². The normalized spacial score (nSPS) is 10.7. The average Bonchev–Trinajstić information content (AvgIpc) is 3.05. The number of fused-ring (bicyclic) bond motifs is 1. The minimum Gasteiger partial charge on any atom is -0.491 e. The fourth-order valence-electron chi connectivity index (χ4n) is 2.94. The van der Waals surface area contributed by atoms with Gasteiger partial charge in [0.2, 0.25) is 5.91 Å². The van der Waals surface area contributed by atoms with Crippen LogP contribution >= 0.6 is 11.3 Å². The Morgan fingerprint density at radius 1 is 1.23 bits per heavy atom. The summed E-state index contributed by atoms with van der Waals surface area (Å²) in [5.41, 5.74) is 2.18. The first kappa shape index (κ1) is 17.9. The molecule has 134 valence electrons. The molecule has 0 atom stereocenters. The highest BCUT2D eigenvalue weighted by molar-refractivity contribution is 7.17. The second-order valence-electron chi connectivity index (χ2n) is 5.87. The molecule has 0 aliphatic heterocycles. The van der Waals surface area contributed by atoms with E-state index in [1.165, 1.54) is 32.3 Å². The number of aromatic nitrogens is 1. The van der Waals surface area contributed by atoms with Gasteiger partial charge in [-0.1, -0.05) is 12.1 Å². The van der Waals surface area contributed by atoms with Gasteiger partial charge in [0.15, 0.2) is 11.5 Å². The molecule has 7 heteroatoms. The van der Waals surface area contributed by atoms with Gasteiger partial charge in [-0.3, -0.25) is 19.0 Å². The molecule has 2 aromatic heterocycles. The lowest BCUT2D eigenvalue weighted by Gasteiger charge is -2.14. The molecule has 1 aromatic carbocycles. The number of ether oxygens (including phenoxy) is 1. The summed E-state index contributed by atoms with van der Waals surface area (Å²) in [7, 11) is 1.39. The van der Waals surface area contributed by atoms with Crippen LogP contribution in [-0.4, -0.2) is 23.4 Å². The fourth-order valence-corrected chi connectivity index (χ4v) is 3.93. The molecule has 2 heterocycles. The van der Waals surface area contributed by atoms with Crippen LogP contribution in [0.1, 0.15) is 29.8 Å². The number of amides is 1. The van der Waals surface area contributed by atoms with Crippen LogP contribution in [0.4, 0.5) is 5.69 Å². The van der Waals surface area contributed by atoms with Gasteiger partial charge in [0, 0.05) is 12.6 Å². The van der Waals surface area contributed by atoms with Gasteiger partial charge in [-0.25, -0.2) is 0 Å². The number of nitrogens with zero attached hydrogens (tertiary/aromatic N) is 1. The van der Waals surface area contributed by atoms with Crippen LogP contribution < -0.4 is 15.6 Å². The molecular weight excluding hydrogens is 352 g/mol. The molecule has 0 unspecified atom stereocenters. The van der Waals surface area contributed by atoms with Gasteiger partial charge in [-0.15, -0.1) is 11.3 Å². The zero-order valence-corrected chi connectivity index (χ0v) is 15.5. The molecule has 0 spiro atoms. The topological polar surface area (TPSA) is 77.4 Å². The third-order valence-corrected chi connectivity index (χ3v) is 4.89. The molecule has 0 aliphatic carbocycles. The molecule has 1 amide bonds. The first-order chi connectivity index (χ1) is 12.4. The summed E-state index contributed by atoms with van der Waals surface area (Å²) in [6, 6.07) is 9.12. The van der Waals surface area contributed by atoms with Gasteiger partial charge in [-0.2, -0.15) is 0 Å². The van der Waals surface area contributed by atoms with Crippen LogP contribution in [-0.2, 0) is 11.3 Å². The van der Waals surface area contributed by atoms with Crippen molar-refractivity contribution >= 4 is 38.9 Å². The summed E-state index contributed by atoms with van der Waals surface area (Å²) in [5, 5.41) is 4.58. The number of anilines is 1. The Morgan fingerprint density at radius 2 is 2.00 bits per heavy atom. The minimum absolute atomic E-state index is 0.0606. The van der Waals surface area contributed by atoms with Crippen molar-refractivity contribution < 1.29 is 14.3 Å². The largest absolute Gasteiger partial charge is 0.491 e. The quantitative estimate of drug-likeness (QED) is 0.699. The third kappa shape index (κ3) is 3.25. The number of hydrogen-bond donors (Lipinski definition) is 1. The summed E-state index contributed by atoms with van der Waals surface area (Å²) >= 11 is 1.40. The number of carbonyl (C=O) groups excluding carboxylic acids is 2. The van der Waals surface area contributed by atoms with E-state index < -0.39 is 0 Å². The third-order valence-electron chi connectivity index (χ3n) is 3.97. The van der Waals surface area contributed by atoms with Crippen LogP contribution in [0.3, 0.4) is 0 Å². The Morgan fingerprint density at radius 3 is 2.65 bits per heavy atom. The molecule has 26 heavy (non-hydrogen) atoms. The first-order valence-corrected chi connectivity index (χ1v) is 8.85. The van der Waals surface area contributed by atoms with E-state index in [0.717, 1.165) is 10.3 Å². The Kier molecular flexibility index (Phi) is 4.90. The van der Waals surface area contributed by atoms with Crippen molar-refractivity contribution in [3.63, 3.8) is 0 Å². The monoisotopic (exact) mass is 370 g/mol. The smallest absolute Gasteiger partial charge is 0.294 e. The van der Waals surface area contributed by atoms with Crippen LogP contribution in [0, 0.1) is 0 Å². The molecule has 0 aliphatic rings. The number of nitrogens with one attached hydrogen (secondary N) is 1. The van der Waals surface area contributed by atoms with E-state index in [9.17, 15) is 14.4 Å². The van der Waals surface area contributed by atoms with Crippen molar-refractivity contribution in [2.45, 2.75) is 20.4 Å². The maximum Gasteiger partial charge on any atom is 0.294 e. The number of ketones is 1. The molecule has 3 rings (SSSR count). The summed E-state index contributed by atoms with van der Waals surface area (Å²) in [6.07, 6.45) is 0. The number of pyridine rings is 1. The highest BCUT2D eigenvalue weighted by atomic mass is 32.1. The van der Waals surface area contributed by atoms with Gasteiger partial charge in [0.1, 0.15) is 0 Å². The molecule has 6 nitrogen and oxygen atoms in total. The second-order valence-corrected chi connectivity index (χ2v) is 6.79. The molecule has 0 radical (unpaired) electrons. The number of Topliss-reactive ketones (excluding diaryl/α,β-unsaturated/α-hetero) is 1. The number of hydrogen-bond acceptors (Lipinski definition) is 5. The van der Waals surface area contributed by atoms with Crippen LogP contribution in [0.25, 0.3) is 10.2 Å². The summed E-state index contributed by atoms with van der Waals surface area (Å²) in [6.45, 7) is 3.17. The standard InChI is InChI=1S/C19H18N2O4S/c1-11(22)16-17(25-3)19(24)21(15-7-8-26-18(15)16)10-13-5-4-6-14(9-13)20-12(2)23/h4-9H,10H2,1-3H3,(H,20,23). The maximum atomic E-state index is 12.9. The average molecular weight is 370 g/mol. The molecule has 0 bridgehead atoms. The summed E-state index contributed by atoms with van der Waals surface area (Å²) in [5.74, 6) is -0.302. The molecule has 0 saturated carbocycles. The highest BCUT2D eigenvalue weighted by Gasteiger charge is 2.21. The SMILES string of the molecule is COc1c(C(C)=O)c2sccc2n(Cc2cccc(NC(C)=O)c2)c1=O. The fraction of sp³-hybridized carbons (Fsp3) is 0.211. The molecule has 1 N–H and O–H groups in total. The molecular formula is C19H18N2O4S. The number of benzene rings is 1. The van der Waals surface area contributed by atoms with Gasteiger partial charge < -0.3 is 10.1 Å². The summed E-state index contributed by atoms with van der Waals surface area (Å²) < 4.78 is 7.58. The van der Waals surface area contributed by atoms with E-state index in [-0.39, 0.29) is 23.0 Å². The Labute approximate surface area is 154 Å². The first-order valence-electron chi connectivity index (χ1n) is 7.97. The van der Waals surface area contributed by atoms with Crippen molar-refractivity contribution in [1.82, 2.24) is 4.57 Å². The predicted octanol–water partition coefficient (Wildman–Crippen LogP) is 3.28. The Bertz CT molecular complexity index is 1070. The van der Waals surface area contributed by atoms with Crippen molar-refractivity contribution in [3.05, 3.63) is 57.2 Å². The zero-order chi connectivity index (χ0) is 18.8. The molecule has 0 saturated heterocycles. The number of carbonyl (C=O) groups is 2. The van der Waals surface area contributed by atoms with Crippen molar-refractivity contribution in [2.24, 2.45) is 0 Å². The number of methoxy groups -OCH3 is 1. The van der Waals surface area contributed by atoms with Crippen molar-refractivity contribution in [1.29, 1.82) is 0 Å². The van der Waals surface area contributed by atoms with Gasteiger partial charge >= 0.3 is 0 Å². The van der Waals surface area contributed by atoms with E-state index >= 15 is 0 Å². The van der Waals surface area contributed by atoms with E-state index in [2.05, 4.69) is 5.32 Å². The number of thiophene rings is 1. The molecule has 0 fully saturated rings. The van der Waals surface area contributed by atoms with Crippen LogP contribution in [0.2, 0.25) is 0 Å². The lowest BCUT2D eigenvalue weighted by molar-refractivity contribution is -0.114. The van der Waals surface area contributed by atoms with Crippen LogP contribution in [0.15, 0.2) is 40.5 Å².